The lowest BCUT2D eigenvalue weighted by molar-refractivity contribution is 0.339. The van der Waals surface area contributed by atoms with E-state index in [1.807, 2.05) is 42.6 Å². The Morgan fingerprint density at radius 1 is 1.29 bits per heavy atom. The number of anilines is 1. The van der Waals surface area contributed by atoms with E-state index in [4.69, 9.17) is 10.5 Å². The van der Waals surface area contributed by atoms with Gasteiger partial charge in [0.15, 0.2) is 0 Å². The summed E-state index contributed by atoms with van der Waals surface area (Å²) >= 11 is 3.81. The van der Waals surface area contributed by atoms with Crippen molar-refractivity contribution in [2.45, 2.75) is 28.4 Å². The summed E-state index contributed by atoms with van der Waals surface area (Å²) in [5.74, 6) is 1.97. The van der Waals surface area contributed by atoms with Gasteiger partial charge in [0.1, 0.15) is 5.75 Å². The number of benzene rings is 2. The van der Waals surface area contributed by atoms with Crippen molar-refractivity contribution in [1.29, 1.82) is 0 Å². The zero-order valence-electron chi connectivity index (χ0n) is 12.0. The third kappa shape index (κ3) is 3.50. The summed E-state index contributed by atoms with van der Waals surface area (Å²) in [6.45, 7) is 2.68. The van der Waals surface area contributed by atoms with Crippen molar-refractivity contribution < 1.29 is 4.74 Å². The molecule has 1 atom stereocenters. The van der Waals surface area contributed by atoms with Gasteiger partial charge in [-0.2, -0.15) is 0 Å². The number of hydrogen-bond donors (Lipinski definition) is 1. The first-order chi connectivity index (χ1) is 10.3. The molecule has 3 rings (SSSR count). The number of ether oxygens (including phenoxy) is 1. The molecule has 0 spiro atoms. The molecule has 21 heavy (non-hydrogen) atoms. The molecular weight excluding hydrogens is 298 g/mol. The number of thioether (sulfide) groups is 2. The molecule has 1 aliphatic rings. The highest BCUT2D eigenvalue weighted by Gasteiger charge is 2.22. The first-order valence-electron chi connectivity index (χ1n) is 7.16. The third-order valence-electron chi connectivity index (χ3n) is 3.43. The Kier molecular flexibility index (Phi) is 4.66. The summed E-state index contributed by atoms with van der Waals surface area (Å²) in [7, 11) is 0. The maximum atomic E-state index is 6.07. The smallest absolute Gasteiger partial charge is 0.120 e. The minimum Gasteiger partial charge on any atom is -0.494 e. The number of fused-ring (bicyclic) bond motifs is 1. The van der Waals surface area contributed by atoms with Crippen LogP contribution in [-0.4, -0.2) is 17.6 Å². The van der Waals surface area contributed by atoms with Gasteiger partial charge < -0.3 is 10.5 Å². The van der Waals surface area contributed by atoms with Crippen molar-refractivity contribution >= 4 is 29.2 Å². The van der Waals surface area contributed by atoms with Gasteiger partial charge >= 0.3 is 0 Å². The highest BCUT2D eigenvalue weighted by Crippen LogP contribution is 2.40. The quantitative estimate of drug-likeness (QED) is 0.651. The first-order valence-corrected chi connectivity index (χ1v) is 9.02. The lowest BCUT2D eigenvalue weighted by Crippen LogP contribution is -2.04. The second-order valence-electron chi connectivity index (χ2n) is 5.00. The van der Waals surface area contributed by atoms with E-state index in [1.54, 1.807) is 0 Å². The lowest BCUT2D eigenvalue weighted by atomic mass is 10.1. The lowest BCUT2D eigenvalue weighted by Gasteiger charge is -2.11. The second-order valence-corrected chi connectivity index (χ2v) is 7.40. The number of nitrogens with two attached hydrogens (primary N) is 1. The number of rotatable bonds is 5. The molecule has 2 N–H and O–H groups in total. The van der Waals surface area contributed by atoms with Crippen LogP contribution in [0.2, 0.25) is 0 Å². The summed E-state index contributed by atoms with van der Waals surface area (Å²) in [4.78, 5) is 2.55. The summed E-state index contributed by atoms with van der Waals surface area (Å²) in [6, 6.07) is 14.6. The van der Waals surface area contributed by atoms with Crippen LogP contribution in [0.4, 0.5) is 5.69 Å². The standard InChI is InChI=1S/C17H19NOS2/c1-2-19-13-7-8-15(18)17(10-13)20-11-14-9-12-5-3-4-6-16(12)21-14/h3-8,10,14H,2,9,11,18H2,1H3. The molecule has 0 radical (unpaired) electrons. The van der Waals surface area contributed by atoms with Gasteiger partial charge in [-0.15, -0.1) is 23.5 Å². The Hall–Kier alpha value is -1.26. The minimum atomic E-state index is 0.627. The predicted molar refractivity (Wildman–Crippen MR) is 92.5 cm³/mol. The molecule has 0 fully saturated rings. The number of nitrogen functional groups attached to an aromatic ring is 1. The fourth-order valence-corrected chi connectivity index (χ4v) is 4.90. The molecule has 0 aliphatic carbocycles. The molecule has 0 aromatic heterocycles. The maximum Gasteiger partial charge on any atom is 0.120 e. The van der Waals surface area contributed by atoms with Crippen LogP contribution in [0, 0.1) is 0 Å². The molecule has 0 saturated heterocycles. The molecule has 2 aromatic carbocycles. The Balaban J connectivity index is 1.62. The van der Waals surface area contributed by atoms with Gasteiger partial charge in [0.2, 0.25) is 0 Å². The summed E-state index contributed by atoms with van der Waals surface area (Å²) in [5.41, 5.74) is 8.38. The van der Waals surface area contributed by atoms with E-state index < -0.39 is 0 Å². The van der Waals surface area contributed by atoms with Crippen molar-refractivity contribution in [3.63, 3.8) is 0 Å². The Morgan fingerprint density at radius 3 is 2.95 bits per heavy atom. The maximum absolute atomic E-state index is 6.07. The van der Waals surface area contributed by atoms with Gasteiger partial charge in [-0.25, -0.2) is 0 Å². The van der Waals surface area contributed by atoms with Crippen molar-refractivity contribution in [3.05, 3.63) is 48.0 Å². The van der Waals surface area contributed by atoms with Gasteiger partial charge in [-0.1, -0.05) is 18.2 Å². The molecule has 1 heterocycles. The van der Waals surface area contributed by atoms with Crippen LogP contribution < -0.4 is 10.5 Å². The van der Waals surface area contributed by atoms with Gasteiger partial charge in [-0.05, 0) is 43.2 Å². The largest absolute Gasteiger partial charge is 0.494 e. The van der Waals surface area contributed by atoms with E-state index in [1.165, 1.54) is 10.5 Å². The topological polar surface area (TPSA) is 35.2 Å². The predicted octanol–water partition coefficient (Wildman–Crippen LogP) is 4.48. The van der Waals surface area contributed by atoms with Gasteiger partial charge in [-0.3, -0.25) is 0 Å². The Morgan fingerprint density at radius 2 is 2.14 bits per heavy atom. The minimum absolute atomic E-state index is 0.627. The van der Waals surface area contributed by atoms with E-state index in [2.05, 4.69) is 30.3 Å². The number of hydrogen-bond acceptors (Lipinski definition) is 4. The molecule has 0 amide bonds. The monoisotopic (exact) mass is 317 g/mol. The van der Waals surface area contributed by atoms with Crippen LogP contribution >= 0.6 is 23.5 Å². The van der Waals surface area contributed by atoms with Crippen LogP contribution in [0.1, 0.15) is 12.5 Å². The molecule has 4 heteroatoms. The third-order valence-corrected chi connectivity index (χ3v) is 6.20. The summed E-state index contributed by atoms with van der Waals surface area (Å²) < 4.78 is 5.55. The van der Waals surface area contributed by atoms with Crippen LogP contribution in [0.15, 0.2) is 52.3 Å². The van der Waals surface area contributed by atoms with Crippen LogP contribution in [0.25, 0.3) is 0 Å². The van der Waals surface area contributed by atoms with Gasteiger partial charge in [0.05, 0.1) is 6.61 Å². The fraction of sp³-hybridized carbons (Fsp3) is 0.294. The average molecular weight is 317 g/mol. The summed E-state index contributed by atoms with van der Waals surface area (Å²) in [5, 5.41) is 0.627. The second kappa shape index (κ2) is 6.67. The van der Waals surface area contributed by atoms with Crippen molar-refractivity contribution in [2.24, 2.45) is 0 Å². The highest BCUT2D eigenvalue weighted by atomic mass is 32.2. The van der Waals surface area contributed by atoms with E-state index in [0.29, 0.717) is 11.9 Å². The SMILES string of the molecule is CCOc1ccc(N)c(SCC2Cc3ccccc3S2)c1. The fourth-order valence-electron chi connectivity index (χ4n) is 2.43. The van der Waals surface area contributed by atoms with E-state index in [0.717, 1.165) is 28.5 Å². The molecule has 0 saturated carbocycles. The van der Waals surface area contributed by atoms with E-state index in [9.17, 15) is 0 Å². The van der Waals surface area contributed by atoms with Gasteiger partial charge in [0.25, 0.3) is 0 Å². The van der Waals surface area contributed by atoms with Crippen LogP contribution in [0.3, 0.4) is 0 Å². The molecule has 1 aliphatic heterocycles. The molecule has 0 bridgehead atoms. The summed E-state index contributed by atoms with van der Waals surface area (Å²) in [6.07, 6.45) is 1.15. The van der Waals surface area contributed by atoms with Crippen molar-refractivity contribution in [2.75, 3.05) is 18.1 Å². The molecule has 110 valence electrons. The van der Waals surface area contributed by atoms with E-state index in [-0.39, 0.29) is 0 Å². The normalized spacial score (nSPS) is 16.7. The van der Waals surface area contributed by atoms with Crippen molar-refractivity contribution in [1.82, 2.24) is 0 Å². The van der Waals surface area contributed by atoms with Gasteiger partial charge in [0, 0.05) is 26.5 Å². The molecule has 1 unspecified atom stereocenters. The zero-order chi connectivity index (χ0) is 14.7. The average Bonchev–Trinajstić information content (AvgIpc) is 2.91. The van der Waals surface area contributed by atoms with Crippen LogP contribution in [-0.2, 0) is 6.42 Å². The Labute approximate surface area is 134 Å². The molecular formula is C17H19NOS2. The van der Waals surface area contributed by atoms with Crippen molar-refractivity contribution in [3.8, 4) is 5.75 Å². The zero-order valence-corrected chi connectivity index (χ0v) is 13.7. The molecule has 2 nitrogen and oxygen atoms in total. The van der Waals surface area contributed by atoms with E-state index >= 15 is 0 Å². The van der Waals surface area contributed by atoms with Crippen LogP contribution in [0.5, 0.6) is 5.75 Å². The first kappa shape index (κ1) is 14.7. The highest BCUT2D eigenvalue weighted by molar-refractivity contribution is 8.03. The molecule has 2 aromatic rings. The Bertz CT molecular complexity index is 605.